The maximum atomic E-state index is 11.6. The number of carbonyl (C=O) groups excluding carboxylic acids is 1. The Morgan fingerprint density at radius 2 is 2.28 bits per heavy atom. The van der Waals surface area contributed by atoms with Crippen molar-refractivity contribution in [1.82, 2.24) is 10.3 Å². The smallest absolute Gasteiger partial charge is 0.322 e. The fourth-order valence-electron chi connectivity index (χ4n) is 1.80. The lowest BCUT2D eigenvalue weighted by Gasteiger charge is -2.18. The van der Waals surface area contributed by atoms with E-state index in [4.69, 9.17) is 4.74 Å². The van der Waals surface area contributed by atoms with Crippen LogP contribution in [0.3, 0.4) is 0 Å². The van der Waals surface area contributed by atoms with E-state index < -0.39 is 0 Å². The minimum atomic E-state index is -0.205. The standard InChI is InChI=1S/C13H22N2O2S/c1-9(2)7-11(13(16)17-4)14-6-5-12-10(3)15-8-18-12/h8-9,11,14H,5-7H2,1-4H3. The predicted molar refractivity (Wildman–Crippen MR) is 73.8 cm³/mol. The van der Waals surface area contributed by atoms with Crippen molar-refractivity contribution in [3.05, 3.63) is 16.1 Å². The van der Waals surface area contributed by atoms with Gasteiger partial charge in [-0.05, 0) is 25.7 Å². The van der Waals surface area contributed by atoms with Gasteiger partial charge in [0.1, 0.15) is 6.04 Å². The van der Waals surface area contributed by atoms with Crippen molar-refractivity contribution in [1.29, 1.82) is 0 Å². The molecule has 1 heterocycles. The minimum absolute atomic E-state index is 0.176. The Bertz CT molecular complexity index is 377. The molecule has 0 fully saturated rings. The second-order valence-corrected chi connectivity index (χ2v) is 5.71. The first kappa shape index (κ1) is 15.1. The van der Waals surface area contributed by atoms with Crippen molar-refractivity contribution in [3.8, 4) is 0 Å². The van der Waals surface area contributed by atoms with E-state index in [1.54, 1.807) is 11.3 Å². The molecule has 18 heavy (non-hydrogen) atoms. The Kier molecular flexibility index (Phi) is 6.29. The fourth-order valence-corrected chi connectivity index (χ4v) is 2.58. The Labute approximate surface area is 113 Å². The van der Waals surface area contributed by atoms with E-state index in [1.165, 1.54) is 12.0 Å². The van der Waals surface area contributed by atoms with E-state index in [1.807, 2.05) is 12.4 Å². The van der Waals surface area contributed by atoms with Gasteiger partial charge >= 0.3 is 5.97 Å². The molecule has 1 atom stereocenters. The van der Waals surface area contributed by atoms with Crippen molar-refractivity contribution < 1.29 is 9.53 Å². The Hall–Kier alpha value is -0.940. The molecule has 5 heteroatoms. The third kappa shape index (κ3) is 4.74. The molecule has 0 aliphatic heterocycles. The van der Waals surface area contributed by atoms with E-state index in [9.17, 15) is 4.79 Å². The number of carbonyl (C=O) groups is 1. The zero-order valence-corrected chi connectivity index (χ0v) is 12.3. The van der Waals surface area contributed by atoms with Crippen LogP contribution in [0.2, 0.25) is 0 Å². The average Bonchev–Trinajstić information content (AvgIpc) is 2.72. The van der Waals surface area contributed by atoms with E-state index in [0.29, 0.717) is 5.92 Å². The second-order valence-electron chi connectivity index (χ2n) is 4.77. The molecule has 102 valence electrons. The lowest BCUT2D eigenvalue weighted by atomic mass is 10.0. The van der Waals surface area contributed by atoms with Crippen LogP contribution in [0, 0.1) is 12.8 Å². The molecule has 0 saturated heterocycles. The Balaban J connectivity index is 2.42. The van der Waals surface area contributed by atoms with Gasteiger partial charge in [0.05, 0.1) is 18.3 Å². The average molecular weight is 270 g/mol. The summed E-state index contributed by atoms with van der Waals surface area (Å²) in [5.74, 6) is 0.288. The van der Waals surface area contributed by atoms with Crippen LogP contribution in [0.1, 0.15) is 30.8 Å². The summed E-state index contributed by atoms with van der Waals surface area (Å²) in [7, 11) is 1.44. The molecule has 0 aliphatic rings. The number of aryl methyl sites for hydroxylation is 1. The van der Waals surface area contributed by atoms with Gasteiger partial charge in [0.25, 0.3) is 0 Å². The highest BCUT2D eigenvalue weighted by molar-refractivity contribution is 7.09. The highest BCUT2D eigenvalue weighted by Gasteiger charge is 2.19. The number of nitrogens with zero attached hydrogens (tertiary/aromatic N) is 1. The summed E-state index contributed by atoms with van der Waals surface area (Å²) >= 11 is 1.66. The number of methoxy groups -OCH3 is 1. The first-order valence-corrected chi connectivity index (χ1v) is 7.12. The van der Waals surface area contributed by atoms with Crippen LogP contribution in [0.15, 0.2) is 5.51 Å². The van der Waals surface area contributed by atoms with E-state index >= 15 is 0 Å². The SMILES string of the molecule is COC(=O)C(CC(C)C)NCCc1scnc1C. The quantitative estimate of drug-likeness (QED) is 0.772. The van der Waals surface area contributed by atoms with Gasteiger partial charge in [-0.1, -0.05) is 13.8 Å². The zero-order chi connectivity index (χ0) is 13.5. The molecule has 1 rings (SSSR count). The molecule has 0 radical (unpaired) electrons. The lowest BCUT2D eigenvalue weighted by molar-refractivity contribution is -0.143. The summed E-state index contributed by atoms with van der Waals surface area (Å²) in [4.78, 5) is 17.1. The summed E-state index contributed by atoms with van der Waals surface area (Å²) in [5, 5.41) is 3.27. The van der Waals surface area contributed by atoms with Crippen molar-refractivity contribution in [3.63, 3.8) is 0 Å². The van der Waals surface area contributed by atoms with Gasteiger partial charge in [-0.25, -0.2) is 4.98 Å². The molecule has 0 saturated carbocycles. The van der Waals surface area contributed by atoms with Gasteiger partial charge in [0.15, 0.2) is 0 Å². The molecular weight excluding hydrogens is 248 g/mol. The topological polar surface area (TPSA) is 51.2 Å². The molecule has 0 bridgehead atoms. The lowest BCUT2D eigenvalue weighted by Crippen LogP contribution is -2.39. The maximum absolute atomic E-state index is 11.6. The first-order chi connectivity index (χ1) is 8.54. The van der Waals surface area contributed by atoms with Crippen LogP contribution in [0.5, 0.6) is 0 Å². The number of ether oxygens (including phenoxy) is 1. The monoisotopic (exact) mass is 270 g/mol. The number of esters is 1. The third-order valence-electron chi connectivity index (χ3n) is 2.78. The number of hydrogen-bond acceptors (Lipinski definition) is 5. The zero-order valence-electron chi connectivity index (χ0n) is 11.5. The molecule has 1 unspecified atom stereocenters. The normalized spacial score (nSPS) is 12.7. The first-order valence-electron chi connectivity index (χ1n) is 6.24. The second kappa shape index (κ2) is 7.48. The number of rotatable bonds is 7. The number of aromatic nitrogens is 1. The highest BCUT2D eigenvalue weighted by Crippen LogP contribution is 2.12. The van der Waals surface area contributed by atoms with Gasteiger partial charge in [-0.15, -0.1) is 11.3 Å². The van der Waals surface area contributed by atoms with Gasteiger partial charge in [-0.2, -0.15) is 0 Å². The fraction of sp³-hybridized carbons (Fsp3) is 0.692. The summed E-state index contributed by atoms with van der Waals surface area (Å²) in [6.07, 6.45) is 1.70. The number of hydrogen-bond donors (Lipinski definition) is 1. The molecule has 0 amide bonds. The number of nitrogens with one attached hydrogen (secondary N) is 1. The Morgan fingerprint density at radius 3 is 2.78 bits per heavy atom. The van der Waals surface area contributed by atoms with Crippen LogP contribution < -0.4 is 5.32 Å². The van der Waals surface area contributed by atoms with Crippen LogP contribution in [-0.4, -0.2) is 30.6 Å². The van der Waals surface area contributed by atoms with Gasteiger partial charge < -0.3 is 10.1 Å². The van der Waals surface area contributed by atoms with E-state index in [2.05, 4.69) is 24.1 Å². The summed E-state index contributed by atoms with van der Waals surface area (Å²) in [6, 6.07) is -0.205. The highest BCUT2D eigenvalue weighted by atomic mass is 32.1. The van der Waals surface area contributed by atoms with Crippen molar-refractivity contribution in [2.75, 3.05) is 13.7 Å². The molecule has 1 aromatic heterocycles. The maximum Gasteiger partial charge on any atom is 0.322 e. The van der Waals surface area contributed by atoms with E-state index in [-0.39, 0.29) is 12.0 Å². The molecular formula is C13H22N2O2S. The van der Waals surface area contributed by atoms with Crippen LogP contribution in [0.25, 0.3) is 0 Å². The van der Waals surface area contributed by atoms with Crippen LogP contribution in [0.4, 0.5) is 0 Å². The van der Waals surface area contributed by atoms with Crippen LogP contribution in [-0.2, 0) is 16.0 Å². The Morgan fingerprint density at radius 1 is 1.56 bits per heavy atom. The largest absolute Gasteiger partial charge is 0.468 e. The van der Waals surface area contributed by atoms with Crippen molar-refractivity contribution >= 4 is 17.3 Å². The molecule has 1 N–H and O–H groups in total. The molecule has 4 nitrogen and oxygen atoms in total. The summed E-state index contributed by atoms with van der Waals surface area (Å²) < 4.78 is 4.81. The molecule has 0 aliphatic carbocycles. The molecule has 1 aromatic rings. The van der Waals surface area contributed by atoms with Gasteiger partial charge in [0.2, 0.25) is 0 Å². The van der Waals surface area contributed by atoms with Crippen molar-refractivity contribution in [2.24, 2.45) is 5.92 Å². The third-order valence-corrected chi connectivity index (χ3v) is 3.78. The van der Waals surface area contributed by atoms with Gasteiger partial charge in [-0.3, -0.25) is 4.79 Å². The van der Waals surface area contributed by atoms with Crippen LogP contribution >= 0.6 is 11.3 Å². The minimum Gasteiger partial charge on any atom is -0.468 e. The van der Waals surface area contributed by atoms with E-state index in [0.717, 1.165) is 25.1 Å². The predicted octanol–water partition coefficient (Wildman–Crippen LogP) is 2.17. The number of thiazole rings is 1. The van der Waals surface area contributed by atoms with Crippen molar-refractivity contribution in [2.45, 2.75) is 39.7 Å². The molecule has 0 aromatic carbocycles. The molecule has 0 spiro atoms. The summed E-state index contributed by atoms with van der Waals surface area (Å²) in [6.45, 7) is 6.99. The summed E-state index contributed by atoms with van der Waals surface area (Å²) in [5.41, 5.74) is 2.94. The van der Waals surface area contributed by atoms with Gasteiger partial charge in [0, 0.05) is 11.4 Å².